The molecule has 8 heteroatoms. The van der Waals surface area contributed by atoms with E-state index in [9.17, 15) is 4.79 Å². The first kappa shape index (κ1) is 39.6. The van der Waals surface area contributed by atoms with Crippen LogP contribution in [0.15, 0.2) is 11.6 Å². The second kappa shape index (κ2) is 20.0. The molecule has 0 aromatic heterocycles. The maximum Gasteiger partial charge on any atom is 0.407 e. The second-order valence-corrected chi connectivity index (χ2v) is 16.1. The molecule has 0 aromatic rings. The highest BCUT2D eigenvalue weighted by Crippen LogP contribution is 2.67. The van der Waals surface area contributed by atoms with E-state index in [-0.39, 0.29) is 17.6 Å². The van der Waals surface area contributed by atoms with Crippen molar-refractivity contribution in [2.45, 2.75) is 118 Å². The normalized spacial score (nSPS) is 31.9. The van der Waals surface area contributed by atoms with Gasteiger partial charge in [0.2, 0.25) is 0 Å². The molecule has 0 bridgehead atoms. The maximum absolute atomic E-state index is 12.6. The van der Waals surface area contributed by atoms with Crippen LogP contribution in [0.25, 0.3) is 0 Å². The number of hydrogen-bond acceptors (Lipinski definition) is 7. The number of carbonyl (C=O) groups is 1. The van der Waals surface area contributed by atoms with Crippen molar-refractivity contribution in [3.63, 3.8) is 0 Å². The number of fused-ring (bicyclic) bond motifs is 5. The highest BCUT2D eigenvalue weighted by molar-refractivity contribution is 5.67. The number of ether oxygens (including phenoxy) is 6. The Morgan fingerprint density at radius 2 is 1.46 bits per heavy atom. The highest BCUT2D eigenvalue weighted by Gasteiger charge is 2.59. The Balaban J connectivity index is 1.08. The van der Waals surface area contributed by atoms with Crippen LogP contribution in [0.1, 0.15) is 112 Å². The zero-order chi connectivity index (χ0) is 34.4. The monoisotopic (exact) mass is 678 g/mol. The summed E-state index contributed by atoms with van der Waals surface area (Å²) in [6, 6.07) is 0. The van der Waals surface area contributed by atoms with Crippen molar-refractivity contribution in [1.29, 1.82) is 0 Å². The van der Waals surface area contributed by atoms with Gasteiger partial charge in [-0.15, -0.1) is 0 Å². The van der Waals surface area contributed by atoms with E-state index in [1.807, 2.05) is 6.92 Å². The van der Waals surface area contributed by atoms with Gasteiger partial charge < -0.3 is 33.7 Å². The van der Waals surface area contributed by atoms with Crippen molar-refractivity contribution in [2.75, 3.05) is 72.6 Å². The largest absolute Gasteiger partial charge is 0.446 e. The number of allylic oxidation sites excluding steroid dienone is 1. The molecule has 4 aliphatic rings. The average molecular weight is 678 g/mol. The molecule has 0 radical (unpaired) electrons. The SMILES string of the molecule is CCOCCOCCOCCOCCOCCNC(=O)O[C@H]1CC[C@@]2(C)C(=CC[C@H]3[C@@H]4CC[C@H]([C@H](C)CCCC(C)C)[C@@]4(C)CC[C@@H]32)C1. The van der Waals surface area contributed by atoms with Gasteiger partial charge in [0, 0.05) is 19.6 Å². The third-order valence-electron chi connectivity index (χ3n) is 12.7. The number of carbonyl (C=O) groups excluding carboxylic acids is 1. The molecule has 3 saturated carbocycles. The lowest BCUT2D eigenvalue weighted by molar-refractivity contribution is -0.0581. The minimum absolute atomic E-state index is 0.0320. The van der Waals surface area contributed by atoms with E-state index in [1.165, 1.54) is 51.4 Å². The Morgan fingerprint density at radius 3 is 2.10 bits per heavy atom. The summed E-state index contributed by atoms with van der Waals surface area (Å²) in [6.07, 6.45) is 16.2. The van der Waals surface area contributed by atoms with E-state index >= 15 is 0 Å². The lowest BCUT2D eigenvalue weighted by Crippen LogP contribution is -2.51. The highest BCUT2D eigenvalue weighted by atomic mass is 16.6. The van der Waals surface area contributed by atoms with Crippen molar-refractivity contribution >= 4 is 6.09 Å². The van der Waals surface area contributed by atoms with Gasteiger partial charge >= 0.3 is 6.09 Å². The fraction of sp³-hybridized carbons (Fsp3) is 0.925. The van der Waals surface area contributed by atoms with Gasteiger partial charge in [-0.05, 0) is 98.2 Å². The van der Waals surface area contributed by atoms with Crippen LogP contribution >= 0.6 is 0 Å². The van der Waals surface area contributed by atoms with Crippen LogP contribution in [0.4, 0.5) is 4.79 Å². The minimum Gasteiger partial charge on any atom is -0.446 e. The quantitative estimate of drug-likeness (QED) is 0.0913. The molecule has 0 spiro atoms. The Kier molecular flexibility index (Phi) is 16.5. The molecular weight excluding hydrogens is 606 g/mol. The van der Waals surface area contributed by atoms with Crippen molar-refractivity contribution in [3.05, 3.63) is 11.6 Å². The Morgan fingerprint density at radius 1 is 0.812 bits per heavy atom. The third kappa shape index (κ3) is 10.9. The average Bonchev–Trinajstić information content (AvgIpc) is 3.42. The molecule has 8 nitrogen and oxygen atoms in total. The third-order valence-corrected chi connectivity index (χ3v) is 12.7. The van der Waals surface area contributed by atoms with E-state index < -0.39 is 0 Å². The van der Waals surface area contributed by atoms with Gasteiger partial charge in [-0.2, -0.15) is 0 Å². The van der Waals surface area contributed by atoms with E-state index in [0.717, 1.165) is 54.8 Å². The molecule has 1 N–H and O–H groups in total. The molecule has 4 aliphatic carbocycles. The molecule has 0 aliphatic heterocycles. The number of amides is 1. The van der Waals surface area contributed by atoms with Crippen LogP contribution < -0.4 is 5.32 Å². The molecule has 3 fully saturated rings. The van der Waals surface area contributed by atoms with E-state index in [1.54, 1.807) is 5.57 Å². The summed E-state index contributed by atoms with van der Waals surface area (Å²) in [6.45, 7) is 20.4. The van der Waals surface area contributed by atoms with E-state index in [0.29, 0.717) is 78.0 Å². The van der Waals surface area contributed by atoms with Crippen LogP contribution in [0, 0.1) is 46.3 Å². The molecule has 48 heavy (non-hydrogen) atoms. The van der Waals surface area contributed by atoms with Crippen LogP contribution in [0.5, 0.6) is 0 Å². The van der Waals surface area contributed by atoms with Gasteiger partial charge in [0.05, 0.1) is 59.5 Å². The lowest BCUT2D eigenvalue weighted by Gasteiger charge is -2.58. The van der Waals surface area contributed by atoms with Gasteiger partial charge in [0.1, 0.15) is 6.10 Å². The number of nitrogens with one attached hydrogen (secondary N) is 1. The fourth-order valence-corrected chi connectivity index (χ4v) is 10.2. The summed E-state index contributed by atoms with van der Waals surface area (Å²) in [4.78, 5) is 12.6. The van der Waals surface area contributed by atoms with Crippen LogP contribution in [-0.2, 0) is 28.4 Å². The molecule has 0 heterocycles. The van der Waals surface area contributed by atoms with Crippen LogP contribution in [0.3, 0.4) is 0 Å². The zero-order valence-electron chi connectivity index (χ0n) is 31.5. The predicted molar refractivity (Wildman–Crippen MR) is 191 cm³/mol. The molecule has 8 atom stereocenters. The fourth-order valence-electron chi connectivity index (χ4n) is 10.2. The standard InChI is InChI=1S/C40H71NO7/c1-7-43-21-22-45-25-26-47-28-27-46-24-23-44-20-19-41-38(42)48-33-15-17-39(5)32(29-33)11-12-34-36-14-13-35(31(4)10-8-9-30(2)3)40(36,6)18-16-37(34)39/h11,30-31,33-37H,7-10,12-29H2,1-6H3,(H,41,42)/t31-,33+,34+,35-,36+,37+,39+,40-/m1/s1. The van der Waals surface area contributed by atoms with E-state index in [2.05, 4.69) is 46.0 Å². The van der Waals surface area contributed by atoms with Crippen molar-refractivity contribution in [2.24, 2.45) is 46.3 Å². The molecule has 1 amide bonds. The summed E-state index contributed by atoms with van der Waals surface area (Å²) in [5.74, 6) is 5.05. The van der Waals surface area contributed by atoms with Crippen LogP contribution in [0.2, 0.25) is 0 Å². The summed E-state index contributed by atoms with van der Waals surface area (Å²) in [5, 5.41) is 2.88. The first-order valence-corrected chi connectivity index (χ1v) is 19.7. The molecule has 278 valence electrons. The van der Waals surface area contributed by atoms with Gasteiger partial charge in [-0.25, -0.2) is 4.79 Å². The molecule has 4 rings (SSSR count). The van der Waals surface area contributed by atoms with Crippen molar-refractivity contribution < 1.29 is 33.2 Å². The van der Waals surface area contributed by atoms with Gasteiger partial charge in [0.25, 0.3) is 0 Å². The van der Waals surface area contributed by atoms with Gasteiger partial charge in [-0.1, -0.05) is 65.5 Å². The van der Waals surface area contributed by atoms with Gasteiger partial charge in [-0.3, -0.25) is 0 Å². The lowest BCUT2D eigenvalue weighted by atomic mass is 9.47. The smallest absolute Gasteiger partial charge is 0.407 e. The molecular formula is C40H71NO7. The van der Waals surface area contributed by atoms with Crippen molar-refractivity contribution in [1.82, 2.24) is 5.32 Å². The Labute approximate surface area is 293 Å². The Bertz CT molecular complexity index is 973. The second-order valence-electron chi connectivity index (χ2n) is 16.1. The summed E-state index contributed by atoms with van der Waals surface area (Å²) in [7, 11) is 0. The molecule has 0 aromatic carbocycles. The molecule has 0 saturated heterocycles. The van der Waals surface area contributed by atoms with Crippen molar-refractivity contribution in [3.8, 4) is 0 Å². The zero-order valence-corrected chi connectivity index (χ0v) is 31.5. The predicted octanol–water partition coefficient (Wildman–Crippen LogP) is 8.23. The summed E-state index contributed by atoms with van der Waals surface area (Å²) >= 11 is 0. The van der Waals surface area contributed by atoms with E-state index in [4.69, 9.17) is 28.4 Å². The molecule has 0 unspecified atom stereocenters. The summed E-state index contributed by atoms with van der Waals surface area (Å²) < 4.78 is 33.2. The first-order valence-electron chi connectivity index (χ1n) is 19.7. The first-order chi connectivity index (χ1) is 23.2. The number of rotatable bonds is 22. The minimum atomic E-state index is -0.329. The topological polar surface area (TPSA) is 84.5 Å². The Hall–Kier alpha value is -1.19. The van der Waals surface area contributed by atoms with Gasteiger partial charge in [0.15, 0.2) is 0 Å². The number of alkyl carbamates (subject to hydrolysis) is 1. The maximum atomic E-state index is 12.6. The number of hydrogen-bond donors (Lipinski definition) is 1. The van der Waals surface area contributed by atoms with Crippen LogP contribution in [-0.4, -0.2) is 84.8 Å². The summed E-state index contributed by atoms with van der Waals surface area (Å²) in [5.41, 5.74) is 2.35.